The van der Waals surface area contributed by atoms with Crippen molar-refractivity contribution in [3.63, 3.8) is 0 Å². The van der Waals surface area contributed by atoms with E-state index in [2.05, 4.69) is 0 Å². The number of methoxy groups -OCH3 is 1. The maximum absolute atomic E-state index is 15.2. The molecular weight excluding hydrogens is 700 g/mol. The van der Waals surface area contributed by atoms with Crippen LogP contribution in [-0.4, -0.2) is 54.4 Å². The van der Waals surface area contributed by atoms with Crippen LogP contribution in [0.4, 0.5) is 4.39 Å². The molecule has 11 heteroatoms. The van der Waals surface area contributed by atoms with Crippen molar-refractivity contribution in [2.75, 3.05) is 12.9 Å². The van der Waals surface area contributed by atoms with E-state index in [1.807, 2.05) is 12.1 Å². The molecule has 1 saturated carbocycles. The standard InChI is InChI=1S/C39H44Cl2FNO6S/c1-23(44)30-14-10-24(17-35(30)49-6)16-29(45)20-39(5)21-31(26-8-7-9-28(40)18-26)36(27-13-15-32(41)33(42)19-27)43(37(39)46)34(25-11-12-25)22-50(47,48)38(2,3)4/h7-10,13-15,17-19,25,31,34,36H,11-12,16,20-22H2,1-6H3/t31-,34-,36-,39+/m1/s1. The predicted molar refractivity (Wildman–Crippen MR) is 194 cm³/mol. The average Bonchev–Trinajstić information content (AvgIpc) is 3.87. The molecule has 1 saturated heterocycles. The number of benzene rings is 3. The molecular formula is C39H44Cl2FNO6S. The predicted octanol–water partition coefficient (Wildman–Crippen LogP) is 8.60. The molecule has 3 aromatic carbocycles. The molecule has 0 unspecified atom stereocenters. The topological polar surface area (TPSA) is 97.8 Å². The van der Waals surface area contributed by atoms with Gasteiger partial charge in [-0.05, 0) is 106 Å². The average molecular weight is 745 g/mol. The van der Waals surface area contributed by atoms with Crippen molar-refractivity contribution in [2.45, 2.75) is 89.5 Å². The first-order chi connectivity index (χ1) is 23.3. The molecule has 3 aromatic rings. The molecule has 0 bridgehead atoms. The van der Waals surface area contributed by atoms with Crippen LogP contribution in [0.2, 0.25) is 10.0 Å². The van der Waals surface area contributed by atoms with Gasteiger partial charge in [-0.3, -0.25) is 14.4 Å². The summed E-state index contributed by atoms with van der Waals surface area (Å²) in [6.45, 7) is 8.13. The van der Waals surface area contributed by atoms with Gasteiger partial charge in [0.2, 0.25) is 5.91 Å². The zero-order valence-corrected chi connectivity index (χ0v) is 31.6. The number of sulfone groups is 1. The fraction of sp³-hybridized carbons (Fsp3) is 0.462. The summed E-state index contributed by atoms with van der Waals surface area (Å²) >= 11 is 12.6. The smallest absolute Gasteiger partial charge is 0.229 e. The highest BCUT2D eigenvalue weighted by Crippen LogP contribution is 2.54. The summed E-state index contributed by atoms with van der Waals surface area (Å²) in [4.78, 5) is 42.7. The number of halogens is 3. The Bertz CT molecular complexity index is 1920. The second kappa shape index (κ2) is 14.4. The van der Waals surface area contributed by atoms with E-state index in [0.29, 0.717) is 27.5 Å². The molecule has 0 radical (unpaired) electrons. The normalized spacial score (nSPS) is 21.9. The van der Waals surface area contributed by atoms with E-state index in [9.17, 15) is 18.0 Å². The first kappa shape index (κ1) is 38.0. The Morgan fingerprint density at radius 2 is 1.74 bits per heavy atom. The largest absolute Gasteiger partial charge is 0.496 e. The van der Waals surface area contributed by atoms with Crippen molar-refractivity contribution in [3.05, 3.63) is 98.8 Å². The molecule has 1 aliphatic heterocycles. The van der Waals surface area contributed by atoms with Gasteiger partial charge in [0.25, 0.3) is 0 Å². The fourth-order valence-corrected chi connectivity index (χ4v) is 8.91. The lowest BCUT2D eigenvalue weighted by Gasteiger charge is -2.52. The van der Waals surface area contributed by atoms with Crippen LogP contribution >= 0.6 is 23.2 Å². The third-order valence-electron chi connectivity index (χ3n) is 10.1. The van der Waals surface area contributed by atoms with Crippen LogP contribution in [0.1, 0.15) is 99.3 Å². The molecule has 5 rings (SSSR count). The molecule has 1 amide bonds. The molecule has 50 heavy (non-hydrogen) atoms. The summed E-state index contributed by atoms with van der Waals surface area (Å²) in [5, 5.41) is 0.404. The SMILES string of the molecule is COc1cc(CC(=O)C[C@@]2(C)C[C@H](c3cccc(Cl)c3)[C@@H](c3ccc(Cl)c(F)c3)N([C@H](CS(=O)(=O)C(C)(C)C)C3CC3)C2=O)ccc1C(C)=O. The highest BCUT2D eigenvalue weighted by molar-refractivity contribution is 7.92. The van der Waals surface area contributed by atoms with E-state index in [1.54, 1.807) is 69.0 Å². The third-order valence-corrected chi connectivity index (χ3v) is 13.3. The second-order valence-corrected chi connectivity index (χ2v) is 18.7. The Balaban J connectivity index is 1.63. The number of piperidine rings is 1. The van der Waals surface area contributed by atoms with Crippen molar-refractivity contribution in [2.24, 2.45) is 11.3 Å². The molecule has 1 aliphatic carbocycles. The zero-order valence-electron chi connectivity index (χ0n) is 29.3. The first-order valence-electron chi connectivity index (χ1n) is 16.8. The van der Waals surface area contributed by atoms with E-state index in [0.717, 1.165) is 18.4 Å². The maximum atomic E-state index is 15.2. The Hall–Kier alpha value is -3.27. The van der Waals surface area contributed by atoms with Crippen molar-refractivity contribution >= 4 is 50.5 Å². The number of likely N-dealkylation sites (tertiary alicyclic amines) is 1. The number of rotatable bonds is 12. The number of hydrogen-bond acceptors (Lipinski definition) is 6. The van der Waals surface area contributed by atoms with E-state index >= 15 is 9.18 Å². The van der Waals surface area contributed by atoms with Crippen LogP contribution in [-0.2, 0) is 25.8 Å². The molecule has 0 N–H and O–H groups in total. The molecule has 1 heterocycles. The van der Waals surface area contributed by atoms with Crippen molar-refractivity contribution < 1.29 is 31.9 Å². The van der Waals surface area contributed by atoms with Gasteiger partial charge in [-0.15, -0.1) is 0 Å². The highest BCUT2D eigenvalue weighted by atomic mass is 35.5. The van der Waals surface area contributed by atoms with Crippen LogP contribution in [0.3, 0.4) is 0 Å². The third kappa shape index (κ3) is 7.95. The lowest BCUT2D eigenvalue weighted by Crippen LogP contribution is -2.58. The van der Waals surface area contributed by atoms with Crippen molar-refractivity contribution in [3.8, 4) is 5.75 Å². The number of amides is 1. The van der Waals surface area contributed by atoms with Gasteiger partial charge in [-0.1, -0.05) is 54.4 Å². The number of hydrogen-bond donors (Lipinski definition) is 0. The van der Waals surface area contributed by atoms with E-state index in [-0.39, 0.29) is 53.4 Å². The number of carbonyl (C=O) groups excluding carboxylic acids is 3. The molecule has 268 valence electrons. The van der Waals surface area contributed by atoms with E-state index in [1.165, 1.54) is 26.2 Å². The van der Waals surface area contributed by atoms with Gasteiger partial charge < -0.3 is 9.64 Å². The van der Waals surface area contributed by atoms with Crippen LogP contribution in [0.25, 0.3) is 0 Å². The minimum atomic E-state index is -3.71. The second-order valence-electron chi connectivity index (χ2n) is 15.0. The Kier molecular flexibility index (Phi) is 10.9. The Morgan fingerprint density at radius 3 is 2.32 bits per heavy atom. The summed E-state index contributed by atoms with van der Waals surface area (Å²) in [5.41, 5.74) is 1.06. The summed E-state index contributed by atoms with van der Waals surface area (Å²) < 4.78 is 47.2. The number of ether oxygens (including phenoxy) is 1. The van der Waals surface area contributed by atoms with Gasteiger partial charge in [-0.25, -0.2) is 12.8 Å². The quantitative estimate of drug-likeness (QED) is 0.172. The minimum absolute atomic E-state index is 0.00444. The van der Waals surface area contributed by atoms with E-state index < -0.39 is 43.8 Å². The molecule has 0 spiro atoms. The van der Waals surface area contributed by atoms with Gasteiger partial charge in [-0.2, -0.15) is 0 Å². The number of nitrogens with zero attached hydrogens (tertiary/aromatic N) is 1. The summed E-state index contributed by atoms with van der Waals surface area (Å²) in [6, 6.07) is 15.2. The lowest BCUT2D eigenvalue weighted by molar-refractivity contribution is -0.157. The number of Topliss-reactive ketones (excluding diaryl/α,β-unsaturated/α-hetero) is 2. The van der Waals surface area contributed by atoms with Crippen LogP contribution in [0, 0.1) is 17.2 Å². The fourth-order valence-electron chi connectivity index (χ4n) is 7.21. The Morgan fingerprint density at radius 1 is 1.04 bits per heavy atom. The van der Waals surface area contributed by atoms with Gasteiger partial charge >= 0.3 is 0 Å². The number of ketones is 2. The summed E-state index contributed by atoms with van der Waals surface area (Å²) in [5.74, 6) is -1.84. The van der Waals surface area contributed by atoms with Crippen LogP contribution < -0.4 is 4.74 Å². The lowest BCUT2D eigenvalue weighted by atomic mass is 9.66. The van der Waals surface area contributed by atoms with Gasteiger partial charge in [0.05, 0.1) is 39.7 Å². The first-order valence-corrected chi connectivity index (χ1v) is 19.2. The van der Waals surface area contributed by atoms with Gasteiger partial charge in [0.1, 0.15) is 17.3 Å². The Labute approximate surface area is 304 Å². The van der Waals surface area contributed by atoms with E-state index in [4.69, 9.17) is 27.9 Å². The van der Waals surface area contributed by atoms with Crippen LogP contribution in [0.5, 0.6) is 5.75 Å². The maximum Gasteiger partial charge on any atom is 0.229 e. The highest BCUT2D eigenvalue weighted by Gasteiger charge is 2.55. The molecule has 7 nitrogen and oxygen atoms in total. The van der Waals surface area contributed by atoms with Crippen molar-refractivity contribution in [1.82, 2.24) is 4.90 Å². The monoisotopic (exact) mass is 743 g/mol. The zero-order chi connectivity index (χ0) is 36.8. The molecule has 4 atom stereocenters. The summed E-state index contributed by atoms with van der Waals surface area (Å²) in [6.07, 6.45) is 1.58. The van der Waals surface area contributed by atoms with Gasteiger partial charge in [0.15, 0.2) is 15.6 Å². The van der Waals surface area contributed by atoms with Gasteiger partial charge in [0, 0.05) is 29.8 Å². The van der Waals surface area contributed by atoms with Crippen LogP contribution in [0.15, 0.2) is 60.7 Å². The van der Waals surface area contributed by atoms with Crippen molar-refractivity contribution in [1.29, 1.82) is 0 Å². The number of carbonyl (C=O) groups is 3. The summed E-state index contributed by atoms with van der Waals surface area (Å²) in [7, 11) is -2.26. The minimum Gasteiger partial charge on any atom is -0.496 e. The molecule has 2 aliphatic rings. The molecule has 2 fully saturated rings. The molecule has 0 aromatic heterocycles.